The van der Waals surface area contributed by atoms with Gasteiger partial charge in [-0.15, -0.1) is 0 Å². The highest BCUT2D eigenvalue weighted by atomic mass is 32.2. The molecule has 248 valence electrons. The van der Waals surface area contributed by atoms with Crippen molar-refractivity contribution < 1.29 is 39.2 Å². The summed E-state index contributed by atoms with van der Waals surface area (Å²) in [6.45, 7) is 2.35. The number of hydrogen-bond acceptors (Lipinski definition) is 8. The normalized spacial score (nSPS) is 13.6. The lowest BCUT2D eigenvalue weighted by Gasteiger charge is -2.30. The average Bonchev–Trinajstić information content (AvgIpc) is 3.10. The summed E-state index contributed by atoms with van der Waals surface area (Å²) in [6, 6.07) is 29.4. The number of fused-ring (bicyclic) bond motifs is 2. The van der Waals surface area contributed by atoms with Crippen LogP contribution in [-0.2, 0) is 9.59 Å². The van der Waals surface area contributed by atoms with E-state index in [2.05, 4.69) is 60.5 Å². The Kier molecular flexibility index (Phi) is 12.6. The maximum atomic E-state index is 12.4. The van der Waals surface area contributed by atoms with Crippen molar-refractivity contribution in [2.45, 2.75) is 22.6 Å². The van der Waals surface area contributed by atoms with E-state index in [-0.39, 0.29) is 22.8 Å². The van der Waals surface area contributed by atoms with E-state index in [0.29, 0.717) is 23.5 Å². The lowest BCUT2D eigenvalue weighted by molar-refractivity contribution is -0.134. The van der Waals surface area contributed by atoms with Crippen LogP contribution < -0.4 is 9.47 Å². The fraction of sp³-hybridized carbons (Fsp3) is 0.184. The number of likely N-dealkylation sites (tertiary alicyclic amines) is 1. The zero-order valence-electron chi connectivity index (χ0n) is 26.9. The first-order valence-electron chi connectivity index (χ1n) is 15.1. The Morgan fingerprint density at radius 1 is 0.750 bits per heavy atom. The fourth-order valence-corrected chi connectivity index (χ4v) is 6.36. The number of phenolic OH excluding ortho intramolecular Hbond substituents is 1. The molecule has 1 saturated heterocycles. The van der Waals surface area contributed by atoms with Crippen molar-refractivity contribution in [3.8, 4) is 17.2 Å². The molecule has 4 aromatic rings. The number of carboxylic acids is 2. The third-order valence-electron chi connectivity index (χ3n) is 7.62. The molecular weight excluding hydrogens is 630 g/mol. The summed E-state index contributed by atoms with van der Waals surface area (Å²) in [5.41, 5.74) is 6.62. The van der Waals surface area contributed by atoms with Crippen molar-refractivity contribution in [1.29, 1.82) is 0 Å². The van der Waals surface area contributed by atoms with Crippen LogP contribution in [0, 0.1) is 0 Å². The second-order valence-corrected chi connectivity index (χ2v) is 11.9. The second-order valence-electron chi connectivity index (χ2n) is 10.8. The van der Waals surface area contributed by atoms with Crippen LogP contribution >= 0.6 is 11.8 Å². The minimum absolute atomic E-state index is 0.134. The summed E-state index contributed by atoms with van der Waals surface area (Å²) >= 11 is 1.91. The number of methoxy groups -OCH3 is 2. The molecule has 48 heavy (non-hydrogen) atoms. The van der Waals surface area contributed by atoms with Gasteiger partial charge in [0.1, 0.15) is 22.8 Å². The smallest absolute Gasteiger partial charge is 0.328 e. The molecule has 0 radical (unpaired) electrons. The Morgan fingerprint density at radius 3 is 1.77 bits per heavy atom. The zero-order chi connectivity index (χ0) is 34.6. The Balaban J connectivity index is 0.000000179. The van der Waals surface area contributed by atoms with Crippen LogP contribution in [0.5, 0.6) is 17.2 Å². The highest BCUT2D eigenvalue weighted by Gasteiger charge is 2.25. The number of rotatable bonds is 6. The SMILES string of the molecule is CN1CCC(=C2c3ccccc3Sc3ccccc32)CC1.COc1cc(O)c(C(=O)c2ccccc2)c(OC)c1.O=C(O)C=CC(=O)O. The van der Waals surface area contributed by atoms with Crippen molar-refractivity contribution >= 4 is 35.1 Å². The number of ketones is 1. The largest absolute Gasteiger partial charge is 0.507 e. The molecule has 0 aliphatic carbocycles. The molecule has 2 aliphatic heterocycles. The van der Waals surface area contributed by atoms with Crippen LogP contribution in [0.4, 0.5) is 0 Å². The average molecular weight is 668 g/mol. The van der Waals surface area contributed by atoms with Crippen molar-refractivity contribution in [2.24, 2.45) is 0 Å². The Morgan fingerprint density at radius 2 is 1.27 bits per heavy atom. The maximum Gasteiger partial charge on any atom is 0.328 e. The van der Waals surface area contributed by atoms with E-state index in [1.54, 1.807) is 35.9 Å². The van der Waals surface area contributed by atoms with E-state index in [1.165, 1.54) is 72.7 Å². The molecule has 4 aromatic carbocycles. The molecule has 2 aliphatic rings. The molecule has 0 saturated carbocycles. The zero-order valence-corrected chi connectivity index (χ0v) is 27.7. The van der Waals surface area contributed by atoms with E-state index in [4.69, 9.17) is 19.7 Å². The summed E-state index contributed by atoms with van der Waals surface area (Å²) < 4.78 is 10.2. The summed E-state index contributed by atoms with van der Waals surface area (Å²) in [5.74, 6) is -2.26. The number of piperidine rings is 1. The molecule has 9 nitrogen and oxygen atoms in total. The van der Waals surface area contributed by atoms with Gasteiger partial charge in [-0.3, -0.25) is 4.79 Å². The third kappa shape index (κ3) is 9.15. The topological polar surface area (TPSA) is 134 Å². The van der Waals surface area contributed by atoms with Gasteiger partial charge in [0, 0.05) is 52.7 Å². The molecule has 1 fully saturated rings. The van der Waals surface area contributed by atoms with Crippen molar-refractivity contribution in [2.75, 3.05) is 34.4 Å². The highest BCUT2D eigenvalue weighted by Crippen LogP contribution is 2.47. The van der Waals surface area contributed by atoms with Gasteiger partial charge in [0.2, 0.25) is 5.78 Å². The van der Waals surface area contributed by atoms with Crippen LogP contribution in [0.15, 0.2) is 119 Å². The molecule has 3 N–H and O–H groups in total. The molecule has 6 rings (SSSR count). The summed E-state index contributed by atoms with van der Waals surface area (Å²) in [6.07, 6.45) is 3.50. The Bertz CT molecular complexity index is 1760. The number of carbonyl (C=O) groups excluding carboxylic acids is 1. The van der Waals surface area contributed by atoms with Crippen LogP contribution in [0.1, 0.15) is 39.9 Å². The van der Waals surface area contributed by atoms with Gasteiger partial charge >= 0.3 is 11.9 Å². The molecule has 2 heterocycles. The number of aromatic hydroxyl groups is 1. The summed E-state index contributed by atoms with van der Waals surface area (Å²) in [7, 11) is 5.14. The molecule has 10 heteroatoms. The number of phenols is 1. The van der Waals surface area contributed by atoms with Crippen LogP contribution in [-0.4, -0.2) is 72.3 Å². The van der Waals surface area contributed by atoms with Crippen molar-refractivity contribution in [1.82, 2.24) is 4.90 Å². The van der Waals surface area contributed by atoms with E-state index in [0.717, 1.165) is 0 Å². The van der Waals surface area contributed by atoms with Gasteiger partial charge in [-0.1, -0.05) is 84.1 Å². The minimum Gasteiger partial charge on any atom is -0.507 e. The number of nitrogens with zero attached hydrogens (tertiary/aromatic N) is 1. The molecule has 0 unspecified atom stereocenters. The lowest BCUT2D eigenvalue weighted by atomic mass is 9.88. The van der Waals surface area contributed by atoms with Crippen molar-refractivity contribution in [3.63, 3.8) is 0 Å². The van der Waals surface area contributed by atoms with Gasteiger partial charge in [-0.25, -0.2) is 9.59 Å². The lowest BCUT2D eigenvalue weighted by Crippen LogP contribution is -2.27. The van der Waals surface area contributed by atoms with Gasteiger partial charge in [-0.05, 0) is 48.7 Å². The highest BCUT2D eigenvalue weighted by molar-refractivity contribution is 7.99. The van der Waals surface area contributed by atoms with Crippen LogP contribution in [0.3, 0.4) is 0 Å². The first-order chi connectivity index (χ1) is 23.1. The number of hydrogen-bond donors (Lipinski definition) is 3. The maximum absolute atomic E-state index is 12.4. The molecule has 0 atom stereocenters. The minimum atomic E-state index is -1.26. The fourth-order valence-electron chi connectivity index (χ4n) is 5.27. The monoisotopic (exact) mass is 667 g/mol. The second kappa shape index (κ2) is 17.0. The molecular formula is C38H37NO8S. The molecule has 0 amide bonds. The van der Waals surface area contributed by atoms with Crippen molar-refractivity contribution in [3.05, 3.63) is 131 Å². The van der Waals surface area contributed by atoms with E-state index in [9.17, 15) is 19.5 Å². The first-order valence-corrected chi connectivity index (χ1v) is 15.9. The molecule has 0 aromatic heterocycles. The number of benzene rings is 4. The predicted molar refractivity (Wildman–Crippen MR) is 185 cm³/mol. The van der Waals surface area contributed by atoms with Gasteiger partial charge in [0.05, 0.1) is 14.2 Å². The number of carboxylic acid groups (broad SMARTS) is 2. The predicted octanol–water partition coefficient (Wildman–Crippen LogP) is 7.03. The van der Waals surface area contributed by atoms with Gasteiger partial charge in [-0.2, -0.15) is 0 Å². The Hall–Kier alpha value is -5.32. The first kappa shape index (κ1) is 35.5. The van der Waals surface area contributed by atoms with Crippen LogP contribution in [0.25, 0.3) is 5.57 Å². The van der Waals surface area contributed by atoms with E-state index < -0.39 is 11.9 Å². The molecule has 0 spiro atoms. The number of carbonyl (C=O) groups is 3. The summed E-state index contributed by atoms with van der Waals surface area (Å²) in [5, 5.41) is 25.6. The standard InChI is InChI=1S/C19H19NS.C15H14O4.C4H4O4/c1-20-12-10-14(11-13-20)19-15-6-2-4-8-17(15)21-18-9-5-3-7-16(18)19;1-18-11-8-12(16)14(13(9-11)19-2)15(17)10-6-4-3-5-7-10;5-3(6)1-2-4(7)8/h2-9H,10-13H2,1H3;3-9,16H,1-2H3;1-2H,(H,5,6)(H,7,8). The van der Waals surface area contributed by atoms with E-state index >= 15 is 0 Å². The van der Waals surface area contributed by atoms with Gasteiger partial charge < -0.3 is 29.7 Å². The van der Waals surface area contributed by atoms with Crippen LogP contribution in [0.2, 0.25) is 0 Å². The number of ether oxygens (including phenoxy) is 2. The molecule has 0 bridgehead atoms. The Labute approximate surface area is 283 Å². The van der Waals surface area contributed by atoms with Gasteiger partial charge in [0.25, 0.3) is 0 Å². The summed E-state index contributed by atoms with van der Waals surface area (Å²) in [4.78, 5) is 36.7. The third-order valence-corrected chi connectivity index (χ3v) is 8.77. The van der Waals surface area contributed by atoms with Gasteiger partial charge in [0.15, 0.2) is 0 Å². The number of aliphatic carboxylic acids is 2. The van der Waals surface area contributed by atoms with E-state index in [1.807, 2.05) is 17.8 Å². The quantitative estimate of drug-likeness (QED) is 0.128.